The Bertz CT molecular complexity index is 841. The van der Waals surface area contributed by atoms with Gasteiger partial charge in [-0.3, -0.25) is 14.9 Å². The SMILES string of the molecule is CCNC(=O)c1ccc(NC(=S)NC(=O)c2ccc(OCC)c(Br)c2)cc1. The summed E-state index contributed by atoms with van der Waals surface area (Å²) in [5.74, 6) is 0.193. The van der Waals surface area contributed by atoms with Crippen LogP contribution in [0.3, 0.4) is 0 Å². The zero-order valence-corrected chi connectivity index (χ0v) is 17.4. The van der Waals surface area contributed by atoms with Gasteiger partial charge in [0, 0.05) is 23.4 Å². The highest BCUT2D eigenvalue weighted by Gasteiger charge is 2.11. The lowest BCUT2D eigenvalue weighted by Gasteiger charge is -2.11. The molecule has 27 heavy (non-hydrogen) atoms. The molecule has 8 heteroatoms. The Kier molecular flexibility index (Phi) is 7.75. The van der Waals surface area contributed by atoms with Gasteiger partial charge in [0.1, 0.15) is 5.75 Å². The number of nitrogens with one attached hydrogen (secondary N) is 3. The van der Waals surface area contributed by atoms with Gasteiger partial charge in [-0.2, -0.15) is 0 Å². The molecule has 0 saturated heterocycles. The predicted molar refractivity (Wildman–Crippen MR) is 113 cm³/mol. The van der Waals surface area contributed by atoms with E-state index < -0.39 is 0 Å². The van der Waals surface area contributed by atoms with Crippen molar-refractivity contribution < 1.29 is 14.3 Å². The summed E-state index contributed by atoms with van der Waals surface area (Å²) in [4.78, 5) is 24.1. The molecule has 2 aromatic carbocycles. The van der Waals surface area contributed by atoms with Crippen LogP contribution in [-0.4, -0.2) is 30.1 Å². The maximum atomic E-state index is 12.3. The van der Waals surface area contributed by atoms with E-state index >= 15 is 0 Å². The molecule has 6 nitrogen and oxygen atoms in total. The van der Waals surface area contributed by atoms with E-state index in [0.29, 0.717) is 40.2 Å². The molecule has 0 heterocycles. The molecule has 0 radical (unpaired) electrons. The second-order valence-corrected chi connectivity index (χ2v) is 6.69. The molecule has 0 aliphatic heterocycles. The van der Waals surface area contributed by atoms with Crippen LogP contribution >= 0.6 is 28.1 Å². The zero-order valence-electron chi connectivity index (χ0n) is 15.0. The number of hydrogen-bond donors (Lipinski definition) is 3. The molecule has 0 unspecified atom stereocenters. The second-order valence-electron chi connectivity index (χ2n) is 5.42. The summed E-state index contributed by atoms with van der Waals surface area (Å²) in [6, 6.07) is 11.9. The van der Waals surface area contributed by atoms with Crippen LogP contribution in [0.4, 0.5) is 5.69 Å². The lowest BCUT2D eigenvalue weighted by Crippen LogP contribution is -2.34. The lowest BCUT2D eigenvalue weighted by molar-refractivity contribution is 0.0953. The number of benzene rings is 2. The van der Waals surface area contributed by atoms with Gasteiger partial charge in [-0.1, -0.05) is 0 Å². The van der Waals surface area contributed by atoms with Gasteiger partial charge in [0.2, 0.25) is 0 Å². The number of rotatable bonds is 6. The Morgan fingerprint density at radius 2 is 1.70 bits per heavy atom. The van der Waals surface area contributed by atoms with E-state index in [9.17, 15) is 9.59 Å². The molecule has 3 N–H and O–H groups in total. The van der Waals surface area contributed by atoms with Crippen LogP contribution < -0.4 is 20.7 Å². The van der Waals surface area contributed by atoms with Crippen molar-refractivity contribution >= 4 is 50.8 Å². The first-order chi connectivity index (χ1) is 12.9. The minimum Gasteiger partial charge on any atom is -0.493 e. The Balaban J connectivity index is 1.96. The molecule has 0 saturated carbocycles. The molecule has 0 aromatic heterocycles. The van der Waals surface area contributed by atoms with Gasteiger partial charge in [-0.15, -0.1) is 0 Å². The predicted octanol–water partition coefficient (Wildman–Crippen LogP) is 3.72. The Labute approximate surface area is 171 Å². The highest BCUT2D eigenvalue weighted by molar-refractivity contribution is 9.10. The molecule has 0 aliphatic carbocycles. The maximum Gasteiger partial charge on any atom is 0.257 e. The summed E-state index contributed by atoms with van der Waals surface area (Å²) in [7, 11) is 0. The fourth-order valence-corrected chi connectivity index (χ4v) is 2.92. The highest BCUT2D eigenvalue weighted by atomic mass is 79.9. The van der Waals surface area contributed by atoms with Gasteiger partial charge < -0.3 is 15.4 Å². The molecule has 0 atom stereocenters. The average molecular weight is 450 g/mol. The molecular weight excluding hydrogens is 430 g/mol. The summed E-state index contributed by atoms with van der Waals surface area (Å²) < 4.78 is 6.12. The van der Waals surface area contributed by atoms with Crippen molar-refractivity contribution in [2.75, 3.05) is 18.5 Å². The smallest absolute Gasteiger partial charge is 0.257 e. The zero-order chi connectivity index (χ0) is 19.8. The number of amides is 2. The summed E-state index contributed by atoms with van der Waals surface area (Å²) in [6.07, 6.45) is 0. The largest absolute Gasteiger partial charge is 0.493 e. The molecule has 142 valence electrons. The van der Waals surface area contributed by atoms with Crippen LogP contribution in [0.25, 0.3) is 0 Å². The summed E-state index contributed by atoms with van der Waals surface area (Å²) in [6.45, 7) is 4.85. The van der Waals surface area contributed by atoms with Crippen molar-refractivity contribution in [3.63, 3.8) is 0 Å². The van der Waals surface area contributed by atoms with Crippen molar-refractivity contribution in [1.29, 1.82) is 0 Å². The molecule has 0 spiro atoms. The van der Waals surface area contributed by atoms with Crippen LogP contribution in [0.1, 0.15) is 34.6 Å². The van der Waals surface area contributed by atoms with Gasteiger partial charge in [0.05, 0.1) is 11.1 Å². The van der Waals surface area contributed by atoms with Crippen molar-refractivity contribution in [1.82, 2.24) is 10.6 Å². The Morgan fingerprint density at radius 3 is 2.30 bits per heavy atom. The van der Waals surface area contributed by atoms with E-state index in [1.54, 1.807) is 42.5 Å². The van der Waals surface area contributed by atoms with E-state index in [1.807, 2.05) is 13.8 Å². The topological polar surface area (TPSA) is 79.5 Å². The van der Waals surface area contributed by atoms with Crippen molar-refractivity contribution in [3.8, 4) is 5.75 Å². The van der Waals surface area contributed by atoms with Gasteiger partial charge in [0.25, 0.3) is 11.8 Å². The lowest BCUT2D eigenvalue weighted by atomic mass is 10.2. The van der Waals surface area contributed by atoms with Crippen LogP contribution in [0.5, 0.6) is 5.75 Å². The van der Waals surface area contributed by atoms with Crippen LogP contribution in [0.15, 0.2) is 46.9 Å². The first-order valence-corrected chi connectivity index (χ1v) is 9.57. The highest BCUT2D eigenvalue weighted by Crippen LogP contribution is 2.26. The Hall–Kier alpha value is -2.45. The van der Waals surface area contributed by atoms with E-state index in [0.717, 1.165) is 0 Å². The fourth-order valence-electron chi connectivity index (χ4n) is 2.22. The number of thiocarbonyl (C=S) groups is 1. The molecule has 0 fully saturated rings. The number of anilines is 1. The summed E-state index contributed by atoms with van der Waals surface area (Å²) in [5, 5.41) is 8.43. The third-order valence-corrected chi connectivity index (χ3v) is 4.29. The number of carbonyl (C=O) groups excluding carboxylic acids is 2. The second kappa shape index (κ2) is 10.0. The van der Waals surface area contributed by atoms with E-state index in [1.165, 1.54) is 0 Å². The van der Waals surface area contributed by atoms with Crippen LogP contribution in [0, 0.1) is 0 Å². The van der Waals surface area contributed by atoms with Gasteiger partial charge in [0.15, 0.2) is 5.11 Å². The Morgan fingerprint density at radius 1 is 1.04 bits per heavy atom. The van der Waals surface area contributed by atoms with Crippen LogP contribution in [0.2, 0.25) is 0 Å². The normalized spacial score (nSPS) is 10.0. The molecule has 0 bridgehead atoms. The quantitative estimate of drug-likeness (QED) is 0.585. The molecule has 0 aliphatic rings. The third-order valence-electron chi connectivity index (χ3n) is 3.46. The summed E-state index contributed by atoms with van der Waals surface area (Å²) >= 11 is 8.56. The summed E-state index contributed by atoms with van der Waals surface area (Å²) in [5.41, 5.74) is 1.67. The third kappa shape index (κ3) is 6.04. The first kappa shape index (κ1) is 20.9. The van der Waals surface area contributed by atoms with Crippen molar-refractivity contribution in [3.05, 3.63) is 58.1 Å². The molecule has 2 aromatic rings. The van der Waals surface area contributed by atoms with Gasteiger partial charge >= 0.3 is 0 Å². The fraction of sp³-hybridized carbons (Fsp3) is 0.211. The molecular formula is C19H20BrN3O3S. The van der Waals surface area contributed by atoms with E-state index in [-0.39, 0.29) is 16.9 Å². The first-order valence-electron chi connectivity index (χ1n) is 8.37. The van der Waals surface area contributed by atoms with Gasteiger partial charge in [-0.05, 0) is 84.5 Å². The molecule has 2 amide bonds. The molecule has 2 rings (SSSR count). The minimum absolute atomic E-state index is 0.138. The standard InChI is InChI=1S/C19H20BrN3O3S/c1-3-21-17(24)12-5-8-14(9-6-12)22-19(27)23-18(25)13-7-10-16(26-4-2)15(20)11-13/h5-11H,3-4H2,1-2H3,(H,21,24)(H2,22,23,25,27). The van der Waals surface area contributed by atoms with E-state index in [4.69, 9.17) is 17.0 Å². The minimum atomic E-state index is -0.338. The van der Waals surface area contributed by atoms with E-state index in [2.05, 4.69) is 31.9 Å². The van der Waals surface area contributed by atoms with Crippen molar-refractivity contribution in [2.24, 2.45) is 0 Å². The number of ether oxygens (including phenoxy) is 1. The maximum absolute atomic E-state index is 12.3. The van der Waals surface area contributed by atoms with Gasteiger partial charge in [-0.25, -0.2) is 0 Å². The van der Waals surface area contributed by atoms with Crippen LogP contribution in [-0.2, 0) is 0 Å². The number of hydrogen-bond acceptors (Lipinski definition) is 4. The average Bonchev–Trinajstić information content (AvgIpc) is 2.64. The number of carbonyl (C=O) groups is 2. The van der Waals surface area contributed by atoms with Crippen molar-refractivity contribution in [2.45, 2.75) is 13.8 Å². The number of halogens is 1. The monoisotopic (exact) mass is 449 g/mol.